The van der Waals surface area contributed by atoms with Crippen molar-refractivity contribution < 1.29 is 0 Å². The summed E-state index contributed by atoms with van der Waals surface area (Å²) in [6.07, 6.45) is 0. The summed E-state index contributed by atoms with van der Waals surface area (Å²) in [7, 11) is 0. The highest BCUT2D eigenvalue weighted by molar-refractivity contribution is 5.93. The van der Waals surface area contributed by atoms with Crippen molar-refractivity contribution in [3.05, 3.63) is 64.4 Å². The minimum absolute atomic E-state index is 0.0469. The largest absolute Gasteiger partial charge is 0.319 e. The number of aryl methyl sites for hydroxylation is 1. The summed E-state index contributed by atoms with van der Waals surface area (Å²) in [6, 6.07) is 16.0. The lowest BCUT2D eigenvalue weighted by molar-refractivity contribution is 1.20. The molecule has 0 unspecified atom stereocenters. The van der Waals surface area contributed by atoms with Crippen molar-refractivity contribution in [3.63, 3.8) is 0 Å². The van der Waals surface area contributed by atoms with E-state index < -0.39 is 0 Å². The zero-order chi connectivity index (χ0) is 13.0. The fourth-order valence-corrected chi connectivity index (χ4v) is 2.81. The van der Waals surface area contributed by atoms with Crippen LogP contribution in [0.25, 0.3) is 27.5 Å². The summed E-state index contributed by atoms with van der Waals surface area (Å²) < 4.78 is 2.05. The molecular weight excluding hydrogens is 236 g/mol. The maximum atomic E-state index is 12.2. The number of aromatic nitrogens is 2. The Labute approximate surface area is 109 Å². The number of aromatic amines is 1. The summed E-state index contributed by atoms with van der Waals surface area (Å²) in [5.74, 6) is 0. The molecule has 0 atom stereocenters. The topological polar surface area (TPSA) is 37.3 Å². The highest BCUT2D eigenvalue weighted by Gasteiger charge is 2.10. The minimum Gasteiger partial charge on any atom is -0.319 e. The Kier molecular flexibility index (Phi) is 1.90. The molecule has 0 saturated carbocycles. The smallest absolute Gasteiger partial charge is 0.272 e. The Hall–Kier alpha value is -2.55. The first-order chi connectivity index (χ1) is 9.25. The third-order valence-electron chi connectivity index (χ3n) is 3.65. The molecule has 3 heteroatoms. The minimum atomic E-state index is -0.0469. The van der Waals surface area contributed by atoms with Gasteiger partial charge in [0.15, 0.2) is 0 Å². The van der Waals surface area contributed by atoms with Crippen LogP contribution in [0.15, 0.2) is 53.3 Å². The molecule has 1 N–H and O–H groups in total. The Bertz CT molecular complexity index is 992. The Morgan fingerprint density at radius 1 is 1.00 bits per heavy atom. The van der Waals surface area contributed by atoms with Crippen LogP contribution in [0.2, 0.25) is 0 Å². The van der Waals surface area contributed by atoms with Crippen LogP contribution in [0, 0.1) is 6.92 Å². The molecule has 4 rings (SSSR count). The summed E-state index contributed by atoms with van der Waals surface area (Å²) in [4.78, 5) is 15.2. The lowest BCUT2D eigenvalue weighted by atomic mass is 10.2. The maximum absolute atomic E-state index is 12.2. The van der Waals surface area contributed by atoms with Crippen molar-refractivity contribution in [2.24, 2.45) is 0 Å². The zero-order valence-corrected chi connectivity index (χ0v) is 10.5. The first-order valence-electron chi connectivity index (χ1n) is 6.27. The average Bonchev–Trinajstić information content (AvgIpc) is 2.79. The Balaban J connectivity index is 2.47. The molecule has 0 fully saturated rings. The van der Waals surface area contributed by atoms with Gasteiger partial charge in [-0.15, -0.1) is 0 Å². The molecule has 92 valence electrons. The summed E-state index contributed by atoms with van der Waals surface area (Å²) >= 11 is 0. The maximum Gasteiger partial charge on any atom is 0.272 e. The molecule has 2 aromatic carbocycles. The number of para-hydroxylation sites is 2. The number of benzene rings is 2. The van der Waals surface area contributed by atoms with Gasteiger partial charge in [0.2, 0.25) is 0 Å². The Morgan fingerprint density at radius 3 is 2.74 bits per heavy atom. The van der Waals surface area contributed by atoms with Crippen molar-refractivity contribution in [2.75, 3.05) is 0 Å². The van der Waals surface area contributed by atoms with Gasteiger partial charge in [-0.2, -0.15) is 0 Å². The molecule has 4 aromatic rings. The van der Waals surface area contributed by atoms with E-state index in [1.807, 2.05) is 42.5 Å². The molecule has 0 radical (unpaired) electrons. The van der Waals surface area contributed by atoms with E-state index in [1.165, 1.54) is 0 Å². The molecular formula is C16H12N2O. The van der Waals surface area contributed by atoms with Crippen molar-refractivity contribution in [1.82, 2.24) is 9.38 Å². The third kappa shape index (κ3) is 1.30. The van der Waals surface area contributed by atoms with Crippen molar-refractivity contribution >= 4 is 27.5 Å². The number of H-pyrrole nitrogens is 1. The van der Waals surface area contributed by atoms with Crippen LogP contribution in [0.1, 0.15) is 5.56 Å². The van der Waals surface area contributed by atoms with Crippen LogP contribution in [0.3, 0.4) is 0 Å². The van der Waals surface area contributed by atoms with E-state index in [9.17, 15) is 4.79 Å². The predicted molar refractivity (Wildman–Crippen MR) is 77.8 cm³/mol. The number of hydrogen-bond acceptors (Lipinski definition) is 1. The number of rotatable bonds is 0. The molecule has 0 aliphatic carbocycles. The van der Waals surface area contributed by atoms with Gasteiger partial charge in [-0.05, 0) is 30.7 Å². The standard InChI is InChI=1S/C16H12N2O/c1-10-5-4-7-12-15(10)18-13-8-3-2-6-11(13)9-14(18)16(19)17-12/h2-9H,1H3,(H,17,19). The van der Waals surface area contributed by atoms with E-state index in [4.69, 9.17) is 0 Å². The van der Waals surface area contributed by atoms with Gasteiger partial charge < -0.3 is 9.38 Å². The van der Waals surface area contributed by atoms with E-state index in [0.717, 1.165) is 27.5 Å². The molecule has 3 nitrogen and oxygen atoms in total. The Morgan fingerprint density at radius 2 is 1.84 bits per heavy atom. The highest BCUT2D eigenvalue weighted by Crippen LogP contribution is 2.24. The van der Waals surface area contributed by atoms with Crippen molar-refractivity contribution in [2.45, 2.75) is 6.92 Å². The third-order valence-corrected chi connectivity index (χ3v) is 3.65. The molecule has 0 aliphatic rings. The van der Waals surface area contributed by atoms with Crippen molar-refractivity contribution in [3.8, 4) is 0 Å². The molecule has 0 bridgehead atoms. The van der Waals surface area contributed by atoms with Gasteiger partial charge in [-0.1, -0.05) is 30.3 Å². The highest BCUT2D eigenvalue weighted by atomic mass is 16.1. The van der Waals surface area contributed by atoms with Crippen LogP contribution in [0.4, 0.5) is 0 Å². The number of hydrogen-bond donors (Lipinski definition) is 1. The van der Waals surface area contributed by atoms with Crippen LogP contribution < -0.4 is 5.56 Å². The van der Waals surface area contributed by atoms with Crippen molar-refractivity contribution in [1.29, 1.82) is 0 Å². The summed E-state index contributed by atoms with van der Waals surface area (Å²) in [6.45, 7) is 2.06. The first-order valence-corrected chi connectivity index (χ1v) is 6.27. The van der Waals surface area contributed by atoms with Gasteiger partial charge in [0.25, 0.3) is 5.56 Å². The van der Waals surface area contributed by atoms with Gasteiger partial charge in [0.05, 0.1) is 16.6 Å². The van der Waals surface area contributed by atoms with Gasteiger partial charge in [-0.3, -0.25) is 4.79 Å². The fourth-order valence-electron chi connectivity index (χ4n) is 2.81. The average molecular weight is 248 g/mol. The molecule has 19 heavy (non-hydrogen) atoms. The molecule has 0 saturated heterocycles. The summed E-state index contributed by atoms with van der Waals surface area (Å²) in [5.41, 5.74) is 4.82. The second-order valence-electron chi connectivity index (χ2n) is 4.85. The van der Waals surface area contributed by atoms with Gasteiger partial charge in [0.1, 0.15) is 5.52 Å². The van der Waals surface area contributed by atoms with E-state index in [-0.39, 0.29) is 5.56 Å². The first kappa shape index (κ1) is 10.4. The van der Waals surface area contributed by atoms with E-state index in [0.29, 0.717) is 5.52 Å². The molecule has 2 aromatic heterocycles. The van der Waals surface area contributed by atoms with Gasteiger partial charge in [0, 0.05) is 5.39 Å². The quantitative estimate of drug-likeness (QED) is 0.509. The van der Waals surface area contributed by atoms with E-state index in [1.54, 1.807) is 0 Å². The van der Waals surface area contributed by atoms with Crippen LogP contribution in [0.5, 0.6) is 0 Å². The number of nitrogens with one attached hydrogen (secondary N) is 1. The van der Waals surface area contributed by atoms with E-state index >= 15 is 0 Å². The lowest BCUT2D eigenvalue weighted by Gasteiger charge is -2.06. The normalized spacial score (nSPS) is 11.6. The number of nitrogens with zero attached hydrogens (tertiary/aromatic N) is 1. The lowest BCUT2D eigenvalue weighted by Crippen LogP contribution is -2.10. The molecule has 0 aliphatic heterocycles. The zero-order valence-electron chi connectivity index (χ0n) is 10.5. The SMILES string of the molecule is Cc1cccc2[nH]c(=O)c3cc4ccccc4n3c12. The monoisotopic (exact) mass is 248 g/mol. The summed E-state index contributed by atoms with van der Waals surface area (Å²) in [5, 5.41) is 1.09. The fraction of sp³-hybridized carbons (Fsp3) is 0.0625. The van der Waals surface area contributed by atoms with Crippen LogP contribution >= 0.6 is 0 Å². The van der Waals surface area contributed by atoms with Crippen LogP contribution in [-0.2, 0) is 0 Å². The van der Waals surface area contributed by atoms with E-state index in [2.05, 4.69) is 22.4 Å². The predicted octanol–water partition coefficient (Wildman–Crippen LogP) is 3.24. The molecule has 0 spiro atoms. The van der Waals surface area contributed by atoms with Crippen LogP contribution in [-0.4, -0.2) is 9.38 Å². The molecule has 2 heterocycles. The second kappa shape index (κ2) is 3.48. The van der Waals surface area contributed by atoms with Gasteiger partial charge >= 0.3 is 0 Å². The number of fused-ring (bicyclic) bond motifs is 5. The molecule has 0 amide bonds. The van der Waals surface area contributed by atoms with Gasteiger partial charge in [-0.25, -0.2) is 0 Å². The second-order valence-corrected chi connectivity index (χ2v) is 4.85.